The molecule has 0 saturated heterocycles. The van der Waals surface area contributed by atoms with Crippen molar-refractivity contribution in [3.63, 3.8) is 0 Å². The van der Waals surface area contributed by atoms with E-state index in [1.165, 1.54) is 5.57 Å². The predicted molar refractivity (Wildman–Crippen MR) is 43.8 cm³/mol. The van der Waals surface area contributed by atoms with Gasteiger partial charge in [0.05, 0.1) is 0 Å². The fourth-order valence-electron chi connectivity index (χ4n) is 1.13. The average molecular weight is 175 g/mol. The van der Waals surface area contributed by atoms with E-state index in [2.05, 4.69) is 0 Å². The molecule has 1 aliphatic rings. The Balaban J connectivity index is 2.71. The standard InChI is InChI=1S/C8H11ClO2/c1-6-2-4-8(9,5-3-6)7(10)11/h2H,3-5H2,1H3,(H,10,11)/t8-/m1/s1. The van der Waals surface area contributed by atoms with Gasteiger partial charge >= 0.3 is 5.97 Å². The number of rotatable bonds is 1. The van der Waals surface area contributed by atoms with E-state index >= 15 is 0 Å². The van der Waals surface area contributed by atoms with Crippen molar-refractivity contribution in [2.75, 3.05) is 0 Å². The first-order valence-electron chi connectivity index (χ1n) is 3.62. The number of allylic oxidation sites excluding steroid dienone is 2. The highest BCUT2D eigenvalue weighted by atomic mass is 35.5. The van der Waals surface area contributed by atoms with Crippen LogP contribution in [-0.4, -0.2) is 16.0 Å². The third kappa shape index (κ3) is 1.74. The molecule has 3 heteroatoms. The molecule has 0 heterocycles. The van der Waals surface area contributed by atoms with Crippen molar-refractivity contribution in [1.82, 2.24) is 0 Å². The lowest BCUT2D eigenvalue weighted by molar-refractivity contribution is -0.140. The molecule has 0 aromatic rings. The SMILES string of the molecule is CC1=CC[C@](Cl)(C(=O)O)CC1. The molecule has 1 N–H and O–H groups in total. The van der Waals surface area contributed by atoms with Crippen LogP contribution in [0.4, 0.5) is 0 Å². The molecule has 0 unspecified atom stereocenters. The van der Waals surface area contributed by atoms with Gasteiger partial charge in [-0.3, -0.25) is 4.79 Å². The lowest BCUT2D eigenvalue weighted by Gasteiger charge is -2.24. The summed E-state index contributed by atoms with van der Waals surface area (Å²) in [5.41, 5.74) is 1.24. The van der Waals surface area contributed by atoms with Gasteiger partial charge in [-0.15, -0.1) is 11.6 Å². The second-order valence-corrected chi connectivity index (χ2v) is 3.75. The van der Waals surface area contributed by atoms with Crippen LogP contribution in [0.25, 0.3) is 0 Å². The molecule has 0 fully saturated rings. The molecule has 0 aromatic heterocycles. The summed E-state index contributed by atoms with van der Waals surface area (Å²) in [7, 11) is 0. The van der Waals surface area contributed by atoms with Gasteiger partial charge in [-0.1, -0.05) is 11.6 Å². The fourth-order valence-corrected chi connectivity index (χ4v) is 1.30. The third-order valence-electron chi connectivity index (χ3n) is 2.07. The van der Waals surface area contributed by atoms with Crippen LogP contribution in [0.2, 0.25) is 0 Å². The van der Waals surface area contributed by atoms with Crippen LogP contribution >= 0.6 is 11.6 Å². The van der Waals surface area contributed by atoms with Gasteiger partial charge in [-0.05, 0) is 26.2 Å². The van der Waals surface area contributed by atoms with Gasteiger partial charge in [0.2, 0.25) is 0 Å². The van der Waals surface area contributed by atoms with Crippen LogP contribution < -0.4 is 0 Å². The number of halogens is 1. The number of carboxylic acid groups (broad SMARTS) is 1. The van der Waals surface area contributed by atoms with Gasteiger partial charge in [0.1, 0.15) is 4.87 Å². The largest absolute Gasteiger partial charge is 0.480 e. The fraction of sp³-hybridized carbons (Fsp3) is 0.625. The van der Waals surface area contributed by atoms with E-state index in [1.807, 2.05) is 13.0 Å². The normalized spacial score (nSPS) is 31.3. The molecule has 2 nitrogen and oxygen atoms in total. The summed E-state index contributed by atoms with van der Waals surface area (Å²) in [6.07, 6.45) is 3.71. The lowest BCUT2D eigenvalue weighted by atomic mass is 9.90. The zero-order chi connectivity index (χ0) is 8.48. The van der Waals surface area contributed by atoms with Gasteiger partial charge in [-0.2, -0.15) is 0 Å². The van der Waals surface area contributed by atoms with Crippen molar-refractivity contribution < 1.29 is 9.90 Å². The number of aliphatic carboxylic acids is 1. The van der Waals surface area contributed by atoms with Crippen molar-refractivity contribution >= 4 is 17.6 Å². The van der Waals surface area contributed by atoms with Crippen molar-refractivity contribution in [2.45, 2.75) is 31.1 Å². The Labute approximate surface area is 70.9 Å². The molecule has 0 radical (unpaired) electrons. The second kappa shape index (κ2) is 2.86. The topological polar surface area (TPSA) is 37.3 Å². The highest BCUT2D eigenvalue weighted by Gasteiger charge is 2.36. The van der Waals surface area contributed by atoms with Crippen LogP contribution in [0.5, 0.6) is 0 Å². The average Bonchev–Trinajstić information content (AvgIpc) is 1.95. The molecule has 0 aromatic carbocycles. The van der Waals surface area contributed by atoms with Gasteiger partial charge in [0.25, 0.3) is 0 Å². The zero-order valence-corrected chi connectivity index (χ0v) is 7.19. The van der Waals surface area contributed by atoms with Crippen LogP contribution in [0.15, 0.2) is 11.6 Å². The summed E-state index contributed by atoms with van der Waals surface area (Å²) in [6, 6.07) is 0. The number of hydrogen-bond acceptors (Lipinski definition) is 1. The van der Waals surface area contributed by atoms with E-state index in [0.29, 0.717) is 12.8 Å². The van der Waals surface area contributed by atoms with Crippen LogP contribution in [0.1, 0.15) is 26.2 Å². The summed E-state index contributed by atoms with van der Waals surface area (Å²) in [6.45, 7) is 2.00. The molecule has 11 heavy (non-hydrogen) atoms. The van der Waals surface area contributed by atoms with Crippen LogP contribution in [0, 0.1) is 0 Å². The molecule has 1 aliphatic carbocycles. The Morgan fingerprint density at radius 1 is 1.82 bits per heavy atom. The van der Waals surface area contributed by atoms with Gasteiger partial charge < -0.3 is 5.11 Å². The first-order chi connectivity index (χ1) is 5.04. The molecule has 62 valence electrons. The summed E-state index contributed by atoms with van der Waals surface area (Å²) in [5.74, 6) is -0.900. The van der Waals surface area contributed by atoms with Crippen molar-refractivity contribution in [1.29, 1.82) is 0 Å². The smallest absolute Gasteiger partial charge is 0.325 e. The molecular weight excluding hydrogens is 164 g/mol. The van der Waals surface area contributed by atoms with E-state index in [4.69, 9.17) is 16.7 Å². The van der Waals surface area contributed by atoms with E-state index in [-0.39, 0.29) is 0 Å². The molecular formula is C8H11ClO2. The second-order valence-electron chi connectivity index (χ2n) is 3.03. The van der Waals surface area contributed by atoms with Crippen LogP contribution in [0.3, 0.4) is 0 Å². The minimum absolute atomic E-state index is 0.454. The maximum absolute atomic E-state index is 10.6. The molecule has 1 atom stereocenters. The van der Waals surface area contributed by atoms with E-state index in [0.717, 1.165) is 6.42 Å². The highest BCUT2D eigenvalue weighted by Crippen LogP contribution is 2.33. The molecule has 0 bridgehead atoms. The van der Waals surface area contributed by atoms with E-state index in [9.17, 15) is 4.79 Å². The zero-order valence-electron chi connectivity index (χ0n) is 6.43. The van der Waals surface area contributed by atoms with E-state index in [1.54, 1.807) is 0 Å². The molecule has 1 rings (SSSR count). The minimum atomic E-state index is -1.03. The van der Waals surface area contributed by atoms with Crippen molar-refractivity contribution in [3.8, 4) is 0 Å². The first kappa shape index (κ1) is 8.60. The highest BCUT2D eigenvalue weighted by molar-refractivity contribution is 6.33. The number of carbonyl (C=O) groups is 1. The monoisotopic (exact) mass is 174 g/mol. The van der Waals surface area contributed by atoms with Crippen molar-refractivity contribution in [3.05, 3.63) is 11.6 Å². The van der Waals surface area contributed by atoms with Gasteiger partial charge in [0, 0.05) is 0 Å². The van der Waals surface area contributed by atoms with Crippen LogP contribution in [-0.2, 0) is 4.79 Å². The number of alkyl halides is 1. The quantitative estimate of drug-likeness (QED) is 0.489. The Kier molecular flexibility index (Phi) is 2.23. The number of carboxylic acids is 1. The maximum atomic E-state index is 10.6. The minimum Gasteiger partial charge on any atom is -0.480 e. The third-order valence-corrected chi connectivity index (χ3v) is 2.58. The molecule has 0 amide bonds. The Morgan fingerprint density at radius 3 is 2.82 bits per heavy atom. The first-order valence-corrected chi connectivity index (χ1v) is 4.00. The molecule has 0 aliphatic heterocycles. The van der Waals surface area contributed by atoms with Gasteiger partial charge in [0.15, 0.2) is 0 Å². The summed E-state index contributed by atoms with van der Waals surface area (Å²) in [4.78, 5) is 9.59. The Hall–Kier alpha value is -0.500. The maximum Gasteiger partial charge on any atom is 0.325 e. The number of hydrogen-bond donors (Lipinski definition) is 1. The Morgan fingerprint density at radius 2 is 2.45 bits per heavy atom. The van der Waals surface area contributed by atoms with E-state index < -0.39 is 10.8 Å². The summed E-state index contributed by atoms with van der Waals surface area (Å²) in [5, 5.41) is 8.72. The summed E-state index contributed by atoms with van der Waals surface area (Å²) < 4.78 is 0. The molecule has 0 saturated carbocycles. The lowest BCUT2D eigenvalue weighted by Crippen LogP contribution is -2.33. The predicted octanol–water partition coefficient (Wildman–Crippen LogP) is 2.18. The molecule has 0 spiro atoms. The van der Waals surface area contributed by atoms with Crippen molar-refractivity contribution in [2.24, 2.45) is 0 Å². The van der Waals surface area contributed by atoms with Gasteiger partial charge in [-0.25, -0.2) is 0 Å². The summed E-state index contributed by atoms with van der Waals surface area (Å²) >= 11 is 5.83. The Bertz CT molecular complexity index is 210.